The van der Waals surface area contributed by atoms with Gasteiger partial charge in [-0.25, -0.2) is 4.98 Å². The zero-order valence-electron chi connectivity index (χ0n) is 12.6. The molecule has 2 rings (SSSR count). The monoisotopic (exact) mass is 286 g/mol. The Labute approximate surface area is 125 Å². The maximum absolute atomic E-state index is 5.85. The maximum Gasteiger partial charge on any atom is 0.127 e. The largest absolute Gasteiger partial charge is 0.492 e. The normalized spacial score (nSPS) is 10.8. The van der Waals surface area contributed by atoms with Crippen molar-refractivity contribution >= 4 is 5.82 Å². The van der Waals surface area contributed by atoms with Crippen molar-refractivity contribution in [3.63, 3.8) is 0 Å². The van der Waals surface area contributed by atoms with Crippen molar-refractivity contribution in [3.8, 4) is 17.1 Å². The third-order valence-corrected chi connectivity index (χ3v) is 3.32. The van der Waals surface area contributed by atoms with E-state index < -0.39 is 0 Å². The van der Waals surface area contributed by atoms with Crippen LogP contribution in [0.4, 0.5) is 5.82 Å². The molecule has 0 radical (unpaired) electrons. The van der Waals surface area contributed by atoms with Gasteiger partial charge in [-0.2, -0.15) is 0 Å². The molecule has 0 aliphatic carbocycles. The first-order valence-corrected chi connectivity index (χ1v) is 7.27. The van der Waals surface area contributed by atoms with E-state index in [-0.39, 0.29) is 0 Å². The first-order chi connectivity index (χ1) is 10.2. The summed E-state index contributed by atoms with van der Waals surface area (Å²) in [6.07, 6.45) is 1.74. The molecule has 0 atom stereocenters. The highest BCUT2D eigenvalue weighted by molar-refractivity contribution is 5.59. The molecule has 0 saturated heterocycles. The number of nitrogens with two attached hydrogens (primary N) is 1. The molecule has 0 spiro atoms. The van der Waals surface area contributed by atoms with Crippen LogP contribution in [-0.4, -0.2) is 41.1 Å². The number of pyridine rings is 2. The third kappa shape index (κ3) is 4.43. The minimum Gasteiger partial charge on any atom is -0.492 e. The number of hydrogen-bond acceptors (Lipinski definition) is 5. The van der Waals surface area contributed by atoms with Crippen LogP contribution in [0.5, 0.6) is 5.75 Å². The molecular formula is C16H22N4O. The van der Waals surface area contributed by atoms with Crippen molar-refractivity contribution in [2.75, 3.05) is 32.0 Å². The van der Waals surface area contributed by atoms with E-state index in [0.29, 0.717) is 12.4 Å². The lowest BCUT2D eigenvalue weighted by molar-refractivity contribution is 0.223. The van der Waals surface area contributed by atoms with Gasteiger partial charge in [0.1, 0.15) is 18.2 Å². The average molecular weight is 286 g/mol. The van der Waals surface area contributed by atoms with Gasteiger partial charge in [0, 0.05) is 24.9 Å². The van der Waals surface area contributed by atoms with Gasteiger partial charge in [-0.15, -0.1) is 0 Å². The molecule has 2 heterocycles. The van der Waals surface area contributed by atoms with Crippen molar-refractivity contribution in [1.82, 2.24) is 14.9 Å². The fraction of sp³-hybridized carbons (Fsp3) is 0.375. The molecule has 112 valence electrons. The van der Waals surface area contributed by atoms with E-state index in [4.69, 9.17) is 10.5 Å². The smallest absolute Gasteiger partial charge is 0.127 e. The van der Waals surface area contributed by atoms with Crippen LogP contribution in [-0.2, 0) is 0 Å². The molecule has 0 aromatic carbocycles. The standard InChI is InChI=1S/C16H22N4O/c1-3-20(4-2)9-10-21-13-11-15(19-16(17)12-13)14-7-5-6-8-18-14/h5-8,11-12H,3-4,9-10H2,1-2H3,(H2,17,19). The number of ether oxygens (including phenoxy) is 1. The predicted octanol–water partition coefficient (Wildman–Crippen LogP) is 2.45. The van der Waals surface area contributed by atoms with Crippen molar-refractivity contribution < 1.29 is 4.74 Å². The minimum atomic E-state index is 0.441. The van der Waals surface area contributed by atoms with Crippen LogP contribution in [0.2, 0.25) is 0 Å². The lowest BCUT2D eigenvalue weighted by atomic mass is 10.2. The number of anilines is 1. The zero-order valence-corrected chi connectivity index (χ0v) is 12.6. The highest BCUT2D eigenvalue weighted by atomic mass is 16.5. The van der Waals surface area contributed by atoms with Gasteiger partial charge in [0.15, 0.2) is 0 Å². The van der Waals surface area contributed by atoms with Crippen molar-refractivity contribution in [2.45, 2.75) is 13.8 Å². The first kappa shape index (κ1) is 15.3. The molecule has 0 bridgehead atoms. The molecule has 0 aliphatic rings. The van der Waals surface area contributed by atoms with Crippen LogP contribution < -0.4 is 10.5 Å². The van der Waals surface area contributed by atoms with E-state index in [1.54, 1.807) is 12.3 Å². The molecule has 0 aliphatic heterocycles. The predicted molar refractivity (Wildman–Crippen MR) is 85.2 cm³/mol. The molecular weight excluding hydrogens is 264 g/mol. The van der Waals surface area contributed by atoms with E-state index in [1.165, 1.54) is 0 Å². The first-order valence-electron chi connectivity index (χ1n) is 7.27. The lowest BCUT2D eigenvalue weighted by Crippen LogP contribution is -2.27. The lowest BCUT2D eigenvalue weighted by Gasteiger charge is -2.18. The number of nitrogen functional groups attached to an aromatic ring is 1. The topological polar surface area (TPSA) is 64.3 Å². The molecule has 0 amide bonds. The highest BCUT2D eigenvalue weighted by Crippen LogP contribution is 2.22. The summed E-state index contributed by atoms with van der Waals surface area (Å²) in [5, 5.41) is 0. The number of likely N-dealkylation sites (N-methyl/N-ethyl adjacent to an activating group) is 1. The Kier molecular flexibility index (Phi) is 5.51. The molecule has 21 heavy (non-hydrogen) atoms. The van der Waals surface area contributed by atoms with E-state index >= 15 is 0 Å². The Bertz CT molecular complexity index is 555. The van der Waals surface area contributed by atoms with Gasteiger partial charge in [-0.05, 0) is 25.2 Å². The van der Waals surface area contributed by atoms with Crippen molar-refractivity contribution in [2.24, 2.45) is 0 Å². The summed E-state index contributed by atoms with van der Waals surface area (Å²) in [6, 6.07) is 9.32. The Balaban J connectivity index is 2.06. The van der Waals surface area contributed by atoms with Gasteiger partial charge in [0.2, 0.25) is 0 Å². The third-order valence-electron chi connectivity index (χ3n) is 3.32. The Morgan fingerprint density at radius 2 is 1.95 bits per heavy atom. The summed E-state index contributed by atoms with van der Waals surface area (Å²) in [6.45, 7) is 7.87. The molecule has 5 nitrogen and oxygen atoms in total. The van der Waals surface area contributed by atoms with Gasteiger partial charge in [-0.1, -0.05) is 19.9 Å². The average Bonchev–Trinajstić information content (AvgIpc) is 2.52. The number of aromatic nitrogens is 2. The molecule has 2 aromatic rings. The molecule has 0 fully saturated rings. The second-order valence-electron chi connectivity index (χ2n) is 4.70. The maximum atomic E-state index is 5.85. The minimum absolute atomic E-state index is 0.441. The molecule has 0 saturated carbocycles. The summed E-state index contributed by atoms with van der Waals surface area (Å²) in [7, 11) is 0. The summed E-state index contributed by atoms with van der Waals surface area (Å²) >= 11 is 0. The molecule has 5 heteroatoms. The molecule has 0 unspecified atom stereocenters. The molecule has 2 N–H and O–H groups in total. The number of rotatable bonds is 7. The van der Waals surface area contributed by atoms with Gasteiger partial charge in [0.25, 0.3) is 0 Å². The molecule has 2 aromatic heterocycles. The summed E-state index contributed by atoms with van der Waals surface area (Å²) in [5.74, 6) is 1.17. The summed E-state index contributed by atoms with van der Waals surface area (Å²) < 4.78 is 5.79. The fourth-order valence-corrected chi connectivity index (χ4v) is 2.09. The van der Waals surface area contributed by atoms with Gasteiger partial charge >= 0.3 is 0 Å². The number of nitrogens with zero attached hydrogens (tertiary/aromatic N) is 3. The van der Waals surface area contributed by atoms with Gasteiger partial charge < -0.3 is 15.4 Å². The highest BCUT2D eigenvalue weighted by Gasteiger charge is 2.06. The second kappa shape index (κ2) is 7.59. The van der Waals surface area contributed by atoms with Crippen LogP contribution >= 0.6 is 0 Å². The number of hydrogen-bond donors (Lipinski definition) is 1. The fourth-order valence-electron chi connectivity index (χ4n) is 2.09. The van der Waals surface area contributed by atoms with Gasteiger partial charge in [-0.3, -0.25) is 4.98 Å². The zero-order chi connectivity index (χ0) is 15.1. The van der Waals surface area contributed by atoms with E-state index in [0.717, 1.165) is 36.8 Å². The van der Waals surface area contributed by atoms with Crippen LogP contribution in [0.15, 0.2) is 36.5 Å². The SMILES string of the molecule is CCN(CC)CCOc1cc(N)nc(-c2ccccn2)c1. The van der Waals surface area contributed by atoms with Crippen molar-refractivity contribution in [3.05, 3.63) is 36.5 Å². The summed E-state index contributed by atoms with van der Waals surface area (Å²) in [5.41, 5.74) is 7.37. The van der Waals surface area contributed by atoms with E-state index in [9.17, 15) is 0 Å². The Hall–Kier alpha value is -2.14. The summed E-state index contributed by atoms with van der Waals surface area (Å²) in [4.78, 5) is 10.9. The van der Waals surface area contributed by atoms with Crippen LogP contribution in [0.3, 0.4) is 0 Å². The second-order valence-corrected chi connectivity index (χ2v) is 4.70. The Morgan fingerprint density at radius 1 is 1.14 bits per heavy atom. The van der Waals surface area contributed by atoms with Gasteiger partial charge in [0.05, 0.1) is 11.4 Å². The van der Waals surface area contributed by atoms with Crippen molar-refractivity contribution in [1.29, 1.82) is 0 Å². The van der Waals surface area contributed by atoms with Crippen LogP contribution in [0.25, 0.3) is 11.4 Å². The van der Waals surface area contributed by atoms with Crippen LogP contribution in [0.1, 0.15) is 13.8 Å². The van der Waals surface area contributed by atoms with E-state index in [2.05, 4.69) is 28.7 Å². The van der Waals surface area contributed by atoms with E-state index in [1.807, 2.05) is 24.3 Å². The van der Waals surface area contributed by atoms with Crippen LogP contribution in [0, 0.1) is 0 Å². The Morgan fingerprint density at radius 3 is 2.62 bits per heavy atom. The quantitative estimate of drug-likeness (QED) is 0.847.